The van der Waals surface area contributed by atoms with Crippen molar-refractivity contribution in [1.82, 2.24) is 0 Å². The lowest BCUT2D eigenvalue weighted by molar-refractivity contribution is 0.667. The second-order valence-corrected chi connectivity index (χ2v) is 9.78. The summed E-state index contributed by atoms with van der Waals surface area (Å²) in [5.74, 6) is 0. The molecule has 0 amide bonds. The summed E-state index contributed by atoms with van der Waals surface area (Å²) in [5, 5.41) is 8.10. The van der Waals surface area contributed by atoms with Crippen LogP contribution in [0.5, 0.6) is 0 Å². The van der Waals surface area contributed by atoms with E-state index in [-0.39, 0.29) is 0 Å². The Labute approximate surface area is 178 Å². The lowest BCUT2D eigenvalue weighted by Gasteiger charge is -2.05. The fourth-order valence-electron chi connectivity index (χ4n) is 4.19. The average Bonchev–Trinajstić information content (AvgIpc) is 3.04. The first-order valence-electron chi connectivity index (χ1n) is 10.2. The van der Waals surface area contributed by atoms with E-state index in [1.54, 1.807) is 0 Å². The van der Waals surface area contributed by atoms with Crippen molar-refractivity contribution in [3.8, 4) is 0 Å². The molecule has 2 heteroatoms. The maximum atomic E-state index is 3.60. The first-order chi connectivity index (χ1) is 13.7. The van der Waals surface area contributed by atoms with Crippen LogP contribution in [0.4, 0.5) is 0 Å². The third-order valence-electron chi connectivity index (χ3n) is 5.73. The van der Waals surface area contributed by atoms with Crippen molar-refractivity contribution in [3.05, 3.63) is 70.7 Å². The van der Waals surface area contributed by atoms with Crippen LogP contribution in [-0.2, 0) is 6.42 Å². The maximum Gasteiger partial charge on any atom is 0.0361 e. The van der Waals surface area contributed by atoms with Crippen LogP contribution in [0.25, 0.3) is 41.7 Å². The van der Waals surface area contributed by atoms with Crippen LogP contribution in [0.1, 0.15) is 38.2 Å². The predicted molar refractivity (Wildman–Crippen MR) is 130 cm³/mol. The smallest absolute Gasteiger partial charge is 0.0361 e. The molecule has 140 valence electrons. The van der Waals surface area contributed by atoms with E-state index in [2.05, 4.69) is 83.5 Å². The Morgan fingerprint density at radius 1 is 0.679 bits per heavy atom. The normalized spacial score (nSPS) is 11.9. The lowest BCUT2D eigenvalue weighted by Crippen LogP contribution is -1.86. The zero-order chi connectivity index (χ0) is 19.1. The molecule has 0 atom stereocenters. The molecule has 1 aromatic heterocycles. The van der Waals surface area contributed by atoms with Gasteiger partial charge in [0.1, 0.15) is 0 Å². The molecule has 1 heterocycles. The van der Waals surface area contributed by atoms with Crippen LogP contribution in [0.15, 0.2) is 65.1 Å². The molecule has 0 bridgehead atoms. The summed E-state index contributed by atoms with van der Waals surface area (Å²) in [5.41, 5.74) is 1.47. The summed E-state index contributed by atoms with van der Waals surface area (Å²) in [6.07, 6.45) is 6.47. The topological polar surface area (TPSA) is 0 Å². The van der Waals surface area contributed by atoms with Crippen LogP contribution in [0.3, 0.4) is 0 Å². The molecule has 0 saturated carbocycles. The largest absolute Gasteiger partial charge is 0.135 e. The highest BCUT2D eigenvalue weighted by atomic mass is 79.9. The number of thiophene rings is 1. The minimum absolute atomic E-state index is 1.14. The summed E-state index contributed by atoms with van der Waals surface area (Å²) >= 11 is 5.50. The van der Waals surface area contributed by atoms with Crippen LogP contribution < -0.4 is 0 Å². The van der Waals surface area contributed by atoms with Gasteiger partial charge in [-0.25, -0.2) is 0 Å². The van der Waals surface area contributed by atoms with Gasteiger partial charge < -0.3 is 0 Å². The van der Waals surface area contributed by atoms with E-state index in [1.165, 1.54) is 79.4 Å². The van der Waals surface area contributed by atoms with E-state index in [0.29, 0.717) is 0 Å². The van der Waals surface area contributed by atoms with Gasteiger partial charge in [-0.15, -0.1) is 11.3 Å². The Morgan fingerprint density at radius 3 is 2.18 bits per heavy atom. The molecule has 5 rings (SSSR count). The van der Waals surface area contributed by atoms with E-state index in [1.807, 2.05) is 11.3 Å². The molecule has 0 aliphatic carbocycles. The molecular weight excluding hydrogens is 424 g/mol. The van der Waals surface area contributed by atoms with E-state index in [0.717, 1.165) is 4.47 Å². The molecule has 0 fully saturated rings. The number of benzene rings is 4. The molecule has 0 N–H and O–H groups in total. The second-order valence-electron chi connectivity index (χ2n) is 7.78. The van der Waals surface area contributed by atoms with Gasteiger partial charge in [-0.1, -0.05) is 66.4 Å². The predicted octanol–water partition coefficient (Wildman–Crippen LogP) is 9.25. The van der Waals surface area contributed by atoms with Crippen molar-refractivity contribution in [2.75, 3.05) is 0 Å². The molecule has 0 unspecified atom stereocenters. The van der Waals surface area contributed by atoms with Gasteiger partial charge in [-0.3, -0.25) is 0 Å². The van der Waals surface area contributed by atoms with Gasteiger partial charge in [-0.05, 0) is 76.3 Å². The Hall–Kier alpha value is -1.90. The number of unbranched alkanes of at least 4 members (excludes halogenated alkanes) is 3. The summed E-state index contributed by atoms with van der Waals surface area (Å²) < 4.78 is 3.89. The fraction of sp³-hybridized carbons (Fsp3) is 0.231. The zero-order valence-electron chi connectivity index (χ0n) is 16.1. The number of rotatable bonds is 5. The molecule has 0 aliphatic rings. The summed E-state index contributed by atoms with van der Waals surface area (Å²) in [4.78, 5) is 0. The summed E-state index contributed by atoms with van der Waals surface area (Å²) in [7, 11) is 0. The van der Waals surface area contributed by atoms with Gasteiger partial charge in [0.05, 0.1) is 0 Å². The van der Waals surface area contributed by atoms with Gasteiger partial charge in [-0.2, -0.15) is 0 Å². The Kier molecular flexibility index (Phi) is 4.86. The van der Waals surface area contributed by atoms with E-state index in [9.17, 15) is 0 Å². The minimum Gasteiger partial charge on any atom is -0.135 e. The van der Waals surface area contributed by atoms with Crippen molar-refractivity contribution in [1.29, 1.82) is 0 Å². The first-order valence-corrected chi connectivity index (χ1v) is 11.8. The number of hydrogen-bond acceptors (Lipinski definition) is 1. The maximum absolute atomic E-state index is 3.60. The fourth-order valence-corrected chi connectivity index (χ4v) is 5.74. The first kappa shape index (κ1) is 18.1. The third-order valence-corrected chi connectivity index (χ3v) is 7.34. The number of fused-ring (bicyclic) bond motifs is 5. The molecule has 0 aliphatic heterocycles. The van der Waals surface area contributed by atoms with Crippen molar-refractivity contribution < 1.29 is 0 Å². The third kappa shape index (κ3) is 3.33. The second kappa shape index (κ2) is 7.50. The van der Waals surface area contributed by atoms with E-state index >= 15 is 0 Å². The zero-order valence-corrected chi connectivity index (χ0v) is 18.5. The van der Waals surface area contributed by atoms with Crippen molar-refractivity contribution in [3.63, 3.8) is 0 Å². The minimum atomic E-state index is 1.14. The van der Waals surface area contributed by atoms with E-state index in [4.69, 9.17) is 0 Å². The molecule has 0 saturated heterocycles. The highest BCUT2D eigenvalue weighted by molar-refractivity contribution is 9.10. The molecule has 0 radical (unpaired) electrons. The lowest BCUT2D eigenvalue weighted by atomic mass is 10.00. The van der Waals surface area contributed by atoms with Crippen molar-refractivity contribution in [2.24, 2.45) is 0 Å². The molecular formula is C26H23BrS. The SMILES string of the molecule is CCCCCCc1ccc2cc3sc4cc5cc(Br)ccc5cc4c3cc2c1. The molecule has 0 nitrogen and oxygen atoms in total. The van der Waals surface area contributed by atoms with E-state index < -0.39 is 0 Å². The standard InChI is InChI=1S/C26H23BrS/c1-2-3-4-5-6-17-7-8-19-15-25-24(14-20(19)11-17)23-13-18-9-10-22(27)12-21(18)16-26(23)28-25/h7-16H,2-6H2,1H3. The molecule has 4 aromatic carbocycles. The Balaban J connectivity index is 1.62. The Bertz CT molecular complexity index is 1310. The van der Waals surface area contributed by atoms with Gasteiger partial charge in [0, 0.05) is 24.6 Å². The van der Waals surface area contributed by atoms with Gasteiger partial charge >= 0.3 is 0 Å². The average molecular weight is 447 g/mol. The molecule has 5 aromatic rings. The number of halogens is 1. The van der Waals surface area contributed by atoms with Gasteiger partial charge in [0.15, 0.2) is 0 Å². The monoisotopic (exact) mass is 446 g/mol. The van der Waals surface area contributed by atoms with Crippen LogP contribution in [0, 0.1) is 0 Å². The van der Waals surface area contributed by atoms with Gasteiger partial charge in [0.25, 0.3) is 0 Å². The van der Waals surface area contributed by atoms with Crippen LogP contribution in [-0.4, -0.2) is 0 Å². The number of hydrogen-bond donors (Lipinski definition) is 0. The molecule has 0 spiro atoms. The quantitative estimate of drug-likeness (QED) is 0.236. The van der Waals surface area contributed by atoms with Gasteiger partial charge in [0.2, 0.25) is 0 Å². The summed E-state index contributed by atoms with van der Waals surface area (Å²) in [6, 6.07) is 23.0. The molecule has 28 heavy (non-hydrogen) atoms. The van der Waals surface area contributed by atoms with Crippen LogP contribution >= 0.6 is 27.3 Å². The van der Waals surface area contributed by atoms with Crippen molar-refractivity contribution in [2.45, 2.75) is 39.0 Å². The van der Waals surface area contributed by atoms with Crippen molar-refractivity contribution >= 4 is 69.0 Å². The highest BCUT2D eigenvalue weighted by Crippen LogP contribution is 2.39. The number of aryl methyl sites for hydroxylation is 1. The Morgan fingerprint density at radius 2 is 1.36 bits per heavy atom. The summed E-state index contributed by atoms with van der Waals surface area (Å²) in [6.45, 7) is 2.27. The highest BCUT2D eigenvalue weighted by Gasteiger charge is 2.09. The van der Waals surface area contributed by atoms with Crippen LogP contribution in [0.2, 0.25) is 0 Å².